The summed E-state index contributed by atoms with van der Waals surface area (Å²) in [6.07, 6.45) is -4.57. The number of aromatic nitrogens is 1. The van der Waals surface area contributed by atoms with Crippen molar-refractivity contribution in [3.05, 3.63) is 105 Å². The lowest BCUT2D eigenvalue weighted by molar-refractivity contribution is -0.138. The first-order valence-electron chi connectivity index (χ1n) is 13.0. The SMILES string of the molecule is Cc1cc(C(Nc2nc(-c3ccc(C(F)(F)F)cc3)cs2)c2ccc(C(=O)NCCC(=O)O)cc2)ccc1C(C)C. The molecule has 3 aromatic carbocycles. The van der Waals surface area contributed by atoms with E-state index in [1.807, 2.05) is 12.1 Å². The molecule has 0 bridgehead atoms. The first-order valence-corrected chi connectivity index (χ1v) is 13.9. The highest BCUT2D eigenvalue weighted by Gasteiger charge is 2.30. The van der Waals surface area contributed by atoms with Crippen molar-refractivity contribution in [2.75, 3.05) is 11.9 Å². The molecule has 0 aliphatic heterocycles. The van der Waals surface area contributed by atoms with Crippen molar-refractivity contribution >= 4 is 28.3 Å². The molecule has 0 aliphatic carbocycles. The maximum absolute atomic E-state index is 13.0. The summed E-state index contributed by atoms with van der Waals surface area (Å²) in [6.45, 7) is 6.37. The summed E-state index contributed by atoms with van der Waals surface area (Å²) in [5.74, 6) is -0.989. The molecule has 1 atom stereocenters. The molecule has 0 radical (unpaired) electrons. The van der Waals surface area contributed by atoms with Crippen LogP contribution in [-0.4, -0.2) is 28.5 Å². The van der Waals surface area contributed by atoms with E-state index in [9.17, 15) is 22.8 Å². The Morgan fingerprint density at radius 1 is 0.976 bits per heavy atom. The van der Waals surface area contributed by atoms with Gasteiger partial charge in [-0.25, -0.2) is 4.98 Å². The van der Waals surface area contributed by atoms with E-state index in [0.717, 1.165) is 28.8 Å². The van der Waals surface area contributed by atoms with Crippen molar-refractivity contribution in [3.8, 4) is 11.3 Å². The normalized spacial score (nSPS) is 12.3. The van der Waals surface area contributed by atoms with Gasteiger partial charge in [0.25, 0.3) is 5.91 Å². The zero-order valence-corrected chi connectivity index (χ0v) is 23.6. The third-order valence-electron chi connectivity index (χ3n) is 6.66. The number of benzene rings is 3. The number of carbonyl (C=O) groups excluding carboxylic acids is 1. The molecule has 4 aromatic rings. The Morgan fingerprint density at radius 3 is 2.22 bits per heavy atom. The number of carbonyl (C=O) groups is 2. The molecule has 0 saturated carbocycles. The number of nitrogens with one attached hydrogen (secondary N) is 2. The predicted octanol–water partition coefficient (Wildman–Crippen LogP) is 7.67. The molecule has 214 valence electrons. The fourth-order valence-corrected chi connectivity index (χ4v) is 5.27. The van der Waals surface area contributed by atoms with Crippen LogP contribution in [0.2, 0.25) is 0 Å². The zero-order chi connectivity index (χ0) is 29.7. The second-order valence-electron chi connectivity index (χ2n) is 9.98. The maximum Gasteiger partial charge on any atom is 0.416 e. The molecule has 6 nitrogen and oxygen atoms in total. The van der Waals surface area contributed by atoms with Gasteiger partial charge in [0.15, 0.2) is 5.13 Å². The van der Waals surface area contributed by atoms with Crippen LogP contribution in [0, 0.1) is 6.92 Å². The van der Waals surface area contributed by atoms with E-state index in [4.69, 9.17) is 5.11 Å². The van der Waals surface area contributed by atoms with Crippen LogP contribution in [0.3, 0.4) is 0 Å². The van der Waals surface area contributed by atoms with Crippen molar-refractivity contribution in [1.29, 1.82) is 0 Å². The number of thiazole rings is 1. The fourth-order valence-electron chi connectivity index (χ4n) is 4.52. The highest BCUT2D eigenvalue weighted by Crippen LogP contribution is 2.34. The Labute approximate surface area is 240 Å². The lowest BCUT2D eigenvalue weighted by Gasteiger charge is -2.22. The molecule has 0 spiro atoms. The van der Waals surface area contributed by atoms with Crippen LogP contribution in [0.4, 0.5) is 18.3 Å². The van der Waals surface area contributed by atoms with E-state index < -0.39 is 17.7 Å². The first-order chi connectivity index (χ1) is 19.4. The van der Waals surface area contributed by atoms with Crippen molar-refractivity contribution in [1.82, 2.24) is 10.3 Å². The molecule has 41 heavy (non-hydrogen) atoms. The summed E-state index contributed by atoms with van der Waals surface area (Å²) in [5, 5.41) is 17.2. The van der Waals surface area contributed by atoms with E-state index in [1.54, 1.807) is 17.5 Å². The monoisotopic (exact) mass is 581 g/mol. The maximum atomic E-state index is 13.0. The molecule has 1 unspecified atom stereocenters. The smallest absolute Gasteiger partial charge is 0.416 e. The Hall–Kier alpha value is -4.18. The number of aryl methyl sites for hydroxylation is 1. The van der Waals surface area contributed by atoms with Gasteiger partial charge in [-0.05, 0) is 59.4 Å². The summed E-state index contributed by atoms with van der Waals surface area (Å²) in [5.41, 5.74) is 5.06. The number of hydrogen-bond acceptors (Lipinski definition) is 5. The number of rotatable bonds is 10. The minimum absolute atomic E-state index is 0.0346. The Balaban J connectivity index is 1.61. The molecule has 1 amide bonds. The number of hydrogen-bond donors (Lipinski definition) is 3. The number of halogens is 3. The van der Waals surface area contributed by atoms with Crippen LogP contribution in [0.25, 0.3) is 11.3 Å². The molecule has 10 heteroatoms. The summed E-state index contributed by atoms with van der Waals surface area (Å²) < 4.78 is 38.9. The van der Waals surface area contributed by atoms with E-state index in [2.05, 4.69) is 54.6 Å². The van der Waals surface area contributed by atoms with E-state index >= 15 is 0 Å². The van der Waals surface area contributed by atoms with Gasteiger partial charge in [0.2, 0.25) is 0 Å². The topological polar surface area (TPSA) is 91.3 Å². The molecule has 1 aromatic heterocycles. The van der Waals surface area contributed by atoms with Gasteiger partial charge >= 0.3 is 12.1 Å². The Bertz CT molecular complexity index is 1510. The standard InChI is InChI=1S/C31H30F3N3O3S/c1-18(2)25-13-10-23(16-19(25)3)28(21-4-6-22(7-5-21)29(40)35-15-14-27(38)39)37-30-36-26(17-41-30)20-8-11-24(12-9-20)31(32,33)34/h4-13,16-18,28H,14-15H2,1-3H3,(H,35,40)(H,36,37)(H,38,39). The number of nitrogens with zero attached hydrogens (tertiary/aromatic N) is 1. The van der Waals surface area contributed by atoms with Gasteiger partial charge in [-0.15, -0.1) is 11.3 Å². The van der Waals surface area contributed by atoms with Crippen LogP contribution in [0.1, 0.15) is 70.4 Å². The number of carboxylic acids is 1. The first kappa shape index (κ1) is 29.8. The minimum atomic E-state index is -4.40. The average molecular weight is 582 g/mol. The van der Waals surface area contributed by atoms with Gasteiger partial charge in [0, 0.05) is 23.1 Å². The summed E-state index contributed by atoms with van der Waals surface area (Å²) in [4.78, 5) is 27.8. The van der Waals surface area contributed by atoms with E-state index in [0.29, 0.717) is 27.9 Å². The predicted molar refractivity (Wildman–Crippen MR) is 154 cm³/mol. The van der Waals surface area contributed by atoms with Gasteiger partial charge in [0.05, 0.1) is 23.7 Å². The highest BCUT2D eigenvalue weighted by molar-refractivity contribution is 7.14. The second kappa shape index (κ2) is 12.6. The molecule has 0 fully saturated rings. The van der Waals surface area contributed by atoms with Gasteiger partial charge < -0.3 is 15.7 Å². The quantitative estimate of drug-likeness (QED) is 0.179. The summed E-state index contributed by atoms with van der Waals surface area (Å²) in [6, 6.07) is 17.9. The van der Waals surface area contributed by atoms with E-state index in [-0.39, 0.29) is 24.9 Å². The molecule has 1 heterocycles. The van der Waals surface area contributed by atoms with E-state index in [1.165, 1.54) is 29.0 Å². The van der Waals surface area contributed by atoms with Crippen LogP contribution in [0.5, 0.6) is 0 Å². The third kappa shape index (κ3) is 7.52. The van der Waals surface area contributed by atoms with Crippen molar-refractivity contribution < 1.29 is 27.9 Å². The van der Waals surface area contributed by atoms with Crippen LogP contribution < -0.4 is 10.6 Å². The molecule has 4 rings (SSSR count). The second-order valence-corrected chi connectivity index (χ2v) is 10.8. The third-order valence-corrected chi connectivity index (χ3v) is 7.43. The van der Waals surface area contributed by atoms with Crippen LogP contribution >= 0.6 is 11.3 Å². The van der Waals surface area contributed by atoms with Crippen molar-refractivity contribution in [2.24, 2.45) is 0 Å². The van der Waals surface area contributed by atoms with Crippen LogP contribution in [0.15, 0.2) is 72.1 Å². The number of carboxylic acid groups (broad SMARTS) is 1. The average Bonchev–Trinajstić information content (AvgIpc) is 3.39. The lowest BCUT2D eigenvalue weighted by Crippen LogP contribution is -2.26. The van der Waals surface area contributed by atoms with Gasteiger partial charge in [0.1, 0.15) is 0 Å². The number of aliphatic carboxylic acids is 1. The zero-order valence-electron chi connectivity index (χ0n) is 22.8. The Kier molecular flexibility index (Phi) is 9.12. The van der Waals surface area contributed by atoms with Crippen molar-refractivity contribution in [2.45, 2.75) is 45.3 Å². The fraction of sp³-hybridized carbons (Fsp3) is 0.258. The molecule has 3 N–H and O–H groups in total. The number of amides is 1. The molecule has 0 saturated heterocycles. The van der Waals surface area contributed by atoms with Gasteiger partial charge in [-0.3, -0.25) is 9.59 Å². The highest BCUT2D eigenvalue weighted by atomic mass is 32.1. The largest absolute Gasteiger partial charge is 0.481 e. The summed E-state index contributed by atoms with van der Waals surface area (Å²) in [7, 11) is 0. The van der Waals surface area contributed by atoms with Crippen LogP contribution in [-0.2, 0) is 11.0 Å². The molecular weight excluding hydrogens is 551 g/mol. The molecule has 0 aliphatic rings. The van der Waals surface area contributed by atoms with Gasteiger partial charge in [-0.1, -0.05) is 56.3 Å². The van der Waals surface area contributed by atoms with Crippen molar-refractivity contribution in [3.63, 3.8) is 0 Å². The lowest BCUT2D eigenvalue weighted by atomic mass is 9.91. The Morgan fingerprint density at radius 2 is 1.63 bits per heavy atom. The number of alkyl halides is 3. The molecular formula is C31H30F3N3O3S. The summed E-state index contributed by atoms with van der Waals surface area (Å²) >= 11 is 1.35. The number of anilines is 1. The minimum Gasteiger partial charge on any atom is -0.481 e. The van der Waals surface area contributed by atoms with Gasteiger partial charge in [-0.2, -0.15) is 13.2 Å².